The lowest BCUT2D eigenvalue weighted by atomic mass is 9.91. The molecule has 1 heteroatoms. The predicted octanol–water partition coefficient (Wildman–Crippen LogP) is 3.95. The van der Waals surface area contributed by atoms with Crippen LogP contribution in [0.15, 0.2) is 24.3 Å². The molecule has 0 spiro atoms. The predicted molar refractivity (Wildman–Crippen MR) is 78.9 cm³/mol. The fourth-order valence-electron chi connectivity index (χ4n) is 3.26. The first-order valence-corrected chi connectivity index (χ1v) is 7.48. The number of aryl methyl sites for hydroxylation is 1. The molecular formula is C17H27N. The monoisotopic (exact) mass is 245 g/mol. The van der Waals surface area contributed by atoms with Crippen molar-refractivity contribution in [2.75, 3.05) is 6.54 Å². The van der Waals surface area contributed by atoms with Crippen molar-refractivity contribution < 1.29 is 0 Å². The number of likely N-dealkylation sites (N-methyl/N-ethyl adjacent to an activating group) is 1. The zero-order valence-electron chi connectivity index (χ0n) is 12.1. The lowest BCUT2D eigenvalue weighted by Crippen LogP contribution is -2.37. The van der Waals surface area contributed by atoms with Gasteiger partial charge in [0.25, 0.3) is 0 Å². The van der Waals surface area contributed by atoms with Crippen molar-refractivity contribution in [3.05, 3.63) is 35.4 Å². The summed E-state index contributed by atoms with van der Waals surface area (Å²) in [6, 6.07) is 9.71. The van der Waals surface area contributed by atoms with Gasteiger partial charge in [-0.2, -0.15) is 0 Å². The third-order valence-electron chi connectivity index (χ3n) is 4.35. The molecule has 0 aliphatic heterocycles. The molecule has 1 fully saturated rings. The van der Waals surface area contributed by atoms with E-state index in [-0.39, 0.29) is 0 Å². The van der Waals surface area contributed by atoms with Gasteiger partial charge in [0, 0.05) is 6.04 Å². The highest BCUT2D eigenvalue weighted by atomic mass is 14.9. The number of hydrogen-bond acceptors (Lipinski definition) is 1. The fraction of sp³-hybridized carbons (Fsp3) is 0.647. The molecule has 100 valence electrons. The van der Waals surface area contributed by atoms with Gasteiger partial charge in [0.1, 0.15) is 0 Å². The molecule has 1 aliphatic rings. The highest BCUT2D eigenvalue weighted by Gasteiger charge is 2.28. The lowest BCUT2D eigenvalue weighted by molar-refractivity contribution is 0.354. The topological polar surface area (TPSA) is 12.0 Å². The molecule has 0 saturated heterocycles. The van der Waals surface area contributed by atoms with E-state index in [2.05, 4.69) is 50.4 Å². The average Bonchev–Trinajstić information content (AvgIpc) is 2.78. The van der Waals surface area contributed by atoms with Gasteiger partial charge in [0.15, 0.2) is 0 Å². The molecule has 18 heavy (non-hydrogen) atoms. The number of hydrogen-bond donors (Lipinski definition) is 1. The first kappa shape index (κ1) is 13.6. The summed E-state index contributed by atoms with van der Waals surface area (Å²) in [6.07, 6.45) is 5.42. The van der Waals surface area contributed by atoms with E-state index < -0.39 is 0 Å². The smallest absolute Gasteiger partial charge is 0.0136 e. The molecule has 3 atom stereocenters. The lowest BCUT2D eigenvalue weighted by Gasteiger charge is -2.24. The molecule has 1 saturated carbocycles. The number of benzene rings is 1. The molecule has 1 aromatic carbocycles. The van der Waals surface area contributed by atoms with Gasteiger partial charge >= 0.3 is 0 Å². The van der Waals surface area contributed by atoms with Crippen LogP contribution in [-0.4, -0.2) is 12.6 Å². The minimum atomic E-state index is 0.669. The highest BCUT2D eigenvalue weighted by molar-refractivity contribution is 5.22. The molecule has 3 unspecified atom stereocenters. The van der Waals surface area contributed by atoms with E-state index in [1.54, 1.807) is 0 Å². The summed E-state index contributed by atoms with van der Waals surface area (Å²) in [5.41, 5.74) is 2.83. The Kier molecular flexibility index (Phi) is 4.82. The van der Waals surface area contributed by atoms with Crippen molar-refractivity contribution in [1.29, 1.82) is 0 Å². The van der Waals surface area contributed by atoms with Crippen LogP contribution in [0.1, 0.15) is 44.2 Å². The van der Waals surface area contributed by atoms with Gasteiger partial charge in [-0.1, -0.05) is 50.1 Å². The molecule has 0 radical (unpaired) electrons. The second-order valence-corrected chi connectivity index (χ2v) is 6.03. The van der Waals surface area contributed by atoms with Crippen LogP contribution in [0.4, 0.5) is 0 Å². The van der Waals surface area contributed by atoms with Gasteiger partial charge in [0.05, 0.1) is 0 Å². The maximum absolute atomic E-state index is 3.71. The van der Waals surface area contributed by atoms with Crippen LogP contribution in [0.3, 0.4) is 0 Å². The SMILES string of the molecule is CCNC(Cc1ccc(C)cc1)C1CCC(C)C1. The summed E-state index contributed by atoms with van der Waals surface area (Å²) < 4.78 is 0. The Balaban J connectivity index is 1.99. The van der Waals surface area contributed by atoms with Gasteiger partial charge in [-0.3, -0.25) is 0 Å². The largest absolute Gasteiger partial charge is 0.314 e. The molecule has 1 aliphatic carbocycles. The van der Waals surface area contributed by atoms with Crippen LogP contribution < -0.4 is 5.32 Å². The highest BCUT2D eigenvalue weighted by Crippen LogP contribution is 2.33. The molecule has 1 N–H and O–H groups in total. The summed E-state index contributed by atoms with van der Waals surface area (Å²) >= 11 is 0. The third kappa shape index (κ3) is 3.58. The van der Waals surface area contributed by atoms with E-state index >= 15 is 0 Å². The Morgan fingerprint density at radius 2 is 1.94 bits per heavy atom. The van der Waals surface area contributed by atoms with Gasteiger partial charge in [-0.05, 0) is 50.1 Å². The standard InChI is InChI=1S/C17H27N/c1-4-18-17(16-10-7-14(3)11-16)12-15-8-5-13(2)6-9-15/h5-6,8-9,14,16-18H,4,7,10-12H2,1-3H3. The molecule has 1 aromatic rings. The Labute approximate surface area is 112 Å². The quantitative estimate of drug-likeness (QED) is 0.828. The van der Waals surface area contributed by atoms with E-state index in [1.165, 1.54) is 36.8 Å². The first-order chi connectivity index (χ1) is 8.69. The van der Waals surface area contributed by atoms with E-state index in [1.807, 2.05) is 0 Å². The van der Waals surface area contributed by atoms with Gasteiger partial charge in [0.2, 0.25) is 0 Å². The van der Waals surface area contributed by atoms with Crippen molar-refractivity contribution in [3.8, 4) is 0 Å². The second-order valence-electron chi connectivity index (χ2n) is 6.03. The third-order valence-corrected chi connectivity index (χ3v) is 4.35. The van der Waals surface area contributed by atoms with E-state index in [4.69, 9.17) is 0 Å². The number of rotatable bonds is 5. The van der Waals surface area contributed by atoms with Crippen LogP contribution in [0.25, 0.3) is 0 Å². The van der Waals surface area contributed by atoms with Gasteiger partial charge in [-0.15, -0.1) is 0 Å². The number of nitrogens with one attached hydrogen (secondary N) is 1. The summed E-state index contributed by atoms with van der Waals surface area (Å²) in [5.74, 6) is 1.80. The summed E-state index contributed by atoms with van der Waals surface area (Å²) in [5, 5.41) is 3.71. The molecule has 1 nitrogen and oxygen atoms in total. The van der Waals surface area contributed by atoms with Crippen molar-refractivity contribution in [1.82, 2.24) is 5.32 Å². The van der Waals surface area contributed by atoms with Crippen molar-refractivity contribution in [3.63, 3.8) is 0 Å². The summed E-state index contributed by atoms with van der Waals surface area (Å²) in [7, 11) is 0. The van der Waals surface area contributed by atoms with Crippen LogP contribution >= 0.6 is 0 Å². The van der Waals surface area contributed by atoms with Crippen molar-refractivity contribution in [2.45, 2.75) is 52.5 Å². The maximum Gasteiger partial charge on any atom is 0.0136 e. The maximum atomic E-state index is 3.71. The van der Waals surface area contributed by atoms with Crippen LogP contribution in [0, 0.1) is 18.8 Å². The van der Waals surface area contributed by atoms with Gasteiger partial charge in [-0.25, -0.2) is 0 Å². The van der Waals surface area contributed by atoms with Gasteiger partial charge < -0.3 is 5.32 Å². The molecule has 0 bridgehead atoms. The molecular weight excluding hydrogens is 218 g/mol. The van der Waals surface area contributed by atoms with Crippen LogP contribution in [-0.2, 0) is 6.42 Å². The van der Waals surface area contributed by atoms with Crippen molar-refractivity contribution in [2.24, 2.45) is 11.8 Å². The Bertz CT molecular complexity index is 354. The zero-order chi connectivity index (χ0) is 13.0. The van der Waals surface area contributed by atoms with E-state index in [0.29, 0.717) is 6.04 Å². The fourth-order valence-corrected chi connectivity index (χ4v) is 3.26. The Morgan fingerprint density at radius 1 is 1.22 bits per heavy atom. The minimum Gasteiger partial charge on any atom is -0.314 e. The summed E-state index contributed by atoms with van der Waals surface area (Å²) in [6.45, 7) is 7.86. The molecule has 0 heterocycles. The van der Waals surface area contributed by atoms with Crippen molar-refractivity contribution >= 4 is 0 Å². The zero-order valence-corrected chi connectivity index (χ0v) is 12.1. The van der Waals surface area contributed by atoms with Crippen LogP contribution in [0.5, 0.6) is 0 Å². The molecule has 0 aromatic heterocycles. The normalized spacial score (nSPS) is 25.3. The van der Waals surface area contributed by atoms with E-state index in [9.17, 15) is 0 Å². The Morgan fingerprint density at radius 3 is 2.50 bits per heavy atom. The minimum absolute atomic E-state index is 0.669. The summed E-state index contributed by atoms with van der Waals surface area (Å²) in [4.78, 5) is 0. The second kappa shape index (κ2) is 6.38. The molecule has 0 amide bonds. The molecule has 2 rings (SSSR count). The first-order valence-electron chi connectivity index (χ1n) is 7.48. The van der Waals surface area contributed by atoms with Crippen LogP contribution in [0.2, 0.25) is 0 Å². The Hall–Kier alpha value is -0.820. The van der Waals surface area contributed by atoms with E-state index in [0.717, 1.165) is 18.4 Å². The average molecular weight is 245 g/mol.